The monoisotopic (exact) mass is 504 g/mol. The molecule has 3 rings (SSSR count). The fourth-order valence-electron chi connectivity index (χ4n) is 2.68. The Balaban J connectivity index is 0.00000300. The van der Waals surface area contributed by atoms with Gasteiger partial charge in [0.1, 0.15) is 6.54 Å². The number of carbonyl (C=O) groups is 1. The van der Waals surface area contributed by atoms with Crippen LogP contribution in [0.4, 0.5) is 11.4 Å². The molecule has 1 amide bonds. The molecule has 29 heavy (non-hydrogen) atoms. The SMILES string of the molecule is CCc1ccc(NC(N)=NCc2cccc(NC(=O)Cn3cccn3)c2)cc1.I. The topological polar surface area (TPSA) is 97.3 Å². The van der Waals surface area contributed by atoms with Gasteiger partial charge in [0.25, 0.3) is 0 Å². The molecule has 152 valence electrons. The molecule has 1 heterocycles. The molecule has 0 unspecified atom stereocenters. The first-order chi connectivity index (χ1) is 13.6. The molecule has 0 atom stereocenters. The maximum Gasteiger partial charge on any atom is 0.246 e. The number of guanidine groups is 1. The lowest BCUT2D eigenvalue weighted by Gasteiger charge is -2.08. The summed E-state index contributed by atoms with van der Waals surface area (Å²) >= 11 is 0. The number of hydrogen-bond acceptors (Lipinski definition) is 3. The van der Waals surface area contributed by atoms with Crippen LogP contribution >= 0.6 is 24.0 Å². The molecule has 3 aromatic rings. The molecule has 7 nitrogen and oxygen atoms in total. The fourth-order valence-corrected chi connectivity index (χ4v) is 2.68. The standard InChI is InChI=1S/C21H24N6O.HI/c1-2-16-7-9-18(10-8-16)26-21(22)23-14-17-5-3-6-19(13-17)25-20(28)15-27-12-4-11-24-27;/h3-13H,2,14-15H2,1H3,(H,25,28)(H3,22,23,26);1H. The van der Waals surface area contributed by atoms with Crippen molar-refractivity contribution in [2.45, 2.75) is 26.4 Å². The predicted octanol–water partition coefficient (Wildman–Crippen LogP) is 3.63. The van der Waals surface area contributed by atoms with Gasteiger partial charge in [0.15, 0.2) is 5.96 Å². The number of aliphatic imine (C=N–C) groups is 1. The van der Waals surface area contributed by atoms with Gasteiger partial charge < -0.3 is 16.4 Å². The zero-order chi connectivity index (χ0) is 19.8. The van der Waals surface area contributed by atoms with E-state index in [1.807, 2.05) is 36.4 Å². The molecule has 2 aromatic carbocycles. The Morgan fingerprint density at radius 3 is 2.55 bits per heavy atom. The summed E-state index contributed by atoms with van der Waals surface area (Å²) in [7, 11) is 0. The summed E-state index contributed by atoms with van der Waals surface area (Å²) < 4.78 is 1.57. The number of aromatic nitrogens is 2. The molecule has 1 aromatic heterocycles. The summed E-state index contributed by atoms with van der Waals surface area (Å²) in [4.78, 5) is 16.4. The quantitative estimate of drug-likeness (QED) is 0.260. The first-order valence-electron chi connectivity index (χ1n) is 9.14. The van der Waals surface area contributed by atoms with E-state index in [9.17, 15) is 4.79 Å². The Labute approximate surface area is 187 Å². The average Bonchev–Trinajstić information content (AvgIpc) is 3.20. The number of aryl methyl sites for hydroxylation is 1. The van der Waals surface area contributed by atoms with Crippen molar-refractivity contribution in [3.63, 3.8) is 0 Å². The van der Waals surface area contributed by atoms with Crippen LogP contribution in [0.25, 0.3) is 0 Å². The Kier molecular flexibility index (Phi) is 8.66. The first kappa shape index (κ1) is 22.4. The molecule has 8 heteroatoms. The van der Waals surface area contributed by atoms with E-state index in [1.165, 1.54) is 5.56 Å². The zero-order valence-corrected chi connectivity index (χ0v) is 18.5. The lowest BCUT2D eigenvalue weighted by molar-refractivity contribution is -0.116. The number of anilines is 2. The van der Waals surface area contributed by atoms with Crippen molar-refractivity contribution in [3.8, 4) is 0 Å². The van der Waals surface area contributed by atoms with Crippen LogP contribution in [0, 0.1) is 0 Å². The van der Waals surface area contributed by atoms with Crippen LogP contribution in [0.1, 0.15) is 18.1 Å². The number of nitrogens with zero attached hydrogens (tertiary/aromatic N) is 3. The van der Waals surface area contributed by atoms with Crippen LogP contribution in [0.15, 0.2) is 72.0 Å². The van der Waals surface area contributed by atoms with Gasteiger partial charge in [0.05, 0.1) is 6.54 Å². The Morgan fingerprint density at radius 2 is 1.86 bits per heavy atom. The number of rotatable bonds is 7. The third-order valence-corrected chi connectivity index (χ3v) is 4.14. The number of carbonyl (C=O) groups excluding carboxylic acids is 1. The molecular formula is C21H25IN6O. The van der Waals surface area contributed by atoms with Gasteiger partial charge in [-0.3, -0.25) is 9.48 Å². The predicted molar refractivity (Wildman–Crippen MR) is 127 cm³/mol. The Bertz CT molecular complexity index is 938. The molecule has 0 bridgehead atoms. The van der Waals surface area contributed by atoms with E-state index < -0.39 is 0 Å². The van der Waals surface area contributed by atoms with Gasteiger partial charge in [0, 0.05) is 23.8 Å². The lowest BCUT2D eigenvalue weighted by Crippen LogP contribution is -2.22. The minimum Gasteiger partial charge on any atom is -0.370 e. The van der Waals surface area contributed by atoms with E-state index in [2.05, 4.69) is 39.8 Å². The Hall–Kier alpha value is -2.88. The van der Waals surface area contributed by atoms with Crippen LogP contribution in [0.2, 0.25) is 0 Å². The van der Waals surface area contributed by atoms with Gasteiger partial charge in [0.2, 0.25) is 5.91 Å². The molecule has 0 fully saturated rings. The van der Waals surface area contributed by atoms with E-state index in [4.69, 9.17) is 5.73 Å². The minimum absolute atomic E-state index is 0. The fraction of sp³-hybridized carbons (Fsp3) is 0.190. The second kappa shape index (κ2) is 11.2. The summed E-state index contributed by atoms with van der Waals surface area (Å²) in [6.07, 6.45) is 4.39. The number of nitrogens with one attached hydrogen (secondary N) is 2. The van der Waals surface area contributed by atoms with Crippen molar-refractivity contribution in [3.05, 3.63) is 78.1 Å². The third kappa shape index (κ3) is 7.22. The molecule has 0 radical (unpaired) electrons. The first-order valence-corrected chi connectivity index (χ1v) is 9.14. The van der Waals surface area contributed by atoms with Crippen molar-refractivity contribution in [1.29, 1.82) is 0 Å². The number of halogens is 1. The van der Waals surface area contributed by atoms with Crippen LogP contribution in [0.5, 0.6) is 0 Å². The maximum absolute atomic E-state index is 12.1. The van der Waals surface area contributed by atoms with Gasteiger partial charge >= 0.3 is 0 Å². The van der Waals surface area contributed by atoms with E-state index >= 15 is 0 Å². The molecular weight excluding hydrogens is 479 g/mol. The van der Waals surface area contributed by atoms with Crippen LogP contribution in [0.3, 0.4) is 0 Å². The van der Waals surface area contributed by atoms with Crippen LogP contribution in [-0.4, -0.2) is 21.6 Å². The average molecular weight is 504 g/mol. The van der Waals surface area contributed by atoms with Crippen molar-refractivity contribution in [2.24, 2.45) is 10.7 Å². The van der Waals surface area contributed by atoms with Gasteiger partial charge in [-0.15, -0.1) is 24.0 Å². The maximum atomic E-state index is 12.1. The van der Waals surface area contributed by atoms with Crippen molar-refractivity contribution in [1.82, 2.24) is 9.78 Å². The summed E-state index contributed by atoms with van der Waals surface area (Å²) in [5.74, 6) is 0.207. The van der Waals surface area contributed by atoms with Crippen molar-refractivity contribution >= 4 is 47.2 Å². The molecule has 0 spiro atoms. The highest BCUT2D eigenvalue weighted by Gasteiger charge is 2.04. The van der Waals surface area contributed by atoms with E-state index in [-0.39, 0.29) is 36.4 Å². The molecule has 0 aliphatic carbocycles. The van der Waals surface area contributed by atoms with E-state index in [1.54, 1.807) is 23.1 Å². The lowest BCUT2D eigenvalue weighted by atomic mass is 10.1. The van der Waals surface area contributed by atoms with Gasteiger partial charge in [-0.1, -0.05) is 31.2 Å². The summed E-state index contributed by atoms with van der Waals surface area (Å²) in [5, 5.41) is 9.97. The normalized spacial score (nSPS) is 10.9. The number of amides is 1. The number of hydrogen-bond donors (Lipinski definition) is 3. The summed E-state index contributed by atoms with van der Waals surface area (Å²) in [5.41, 5.74) is 9.81. The Morgan fingerprint density at radius 1 is 1.07 bits per heavy atom. The third-order valence-electron chi connectivity index (χ3n) is 4.14. The van der Waals surface area contributed by atoms with Gasteiger partial charge in [-0.25, -0.2) is 4.99 Å². The molecule has 0 aliphatic heterocycles. The number of benzene rings is 2. The zero-order valence-electron chi connectivity index (χ0n) is 16.2. The van der Waals surface area contributed by atoms with Crippen LogP contribution < -0.4 is 16.4 Å². The molecule has 0 aliphatic rings. The summed E-state index contributed by atoms with van der Waals surface area (Å²) in [6.45, 7) is 2.70. The van der Waals surface area contributed by atoms with Crippen LogP contribution in [-0.2, 0) is 24.3 Å². The van der Waals surface area contributed by atoms with Crippen molar-refractivity contribution in [2.75, 3.05) is 10.6 Å². The highest BCUT2D eigenvalue weighted by Crippen LogP contribution is 2.13. The number of nitrogens with two attached hydrogens (primary N) is 1. The van der Waals surface area contributed by atoms with Crippen molar-refractivity contribution < 1.29 is 4.79 Å². The molecule has 4 N–H and O–H groups in total. The van der Waals surface area contributed by atoms with E-state index in [0.29, 0.717) is 18.2 Å². The minimum atomic E-state index is -0.138. The van der Waals surface area contributed by atoms with Gasteiger partial charge in [-0.05, 0) is 47.9 Å². The second-order valence-electron chi connectivity index (χ2n) is 6.33. The molecule has 0 saturated carbocycles. The highest BCUT2D eigenvalue weighted by atomic mass is 127. The van der Waals surface area contributed by atoms with Gasteiger partial charge in [-0.2, -0.15) is 5.10 Å². The molecule has 0 saturated heterocycles. The highest BCUT2D eigenvalue weighted by molar-refractivity contribution is 14.0. The second-order valence-corrected chi connectivity index (χ2v) is 6.33. The smallest absolute Gasteiger partial charge is 0.246 e. The largest absolute Gasteiger partial charge is 0.370 e. The van der Waals surface area contributed by atoms with E-state index in [0.717, 1.165) is 17.7 Å². The summed E-state index contributed by atoms with van der Waals surface area (Å²) in [6, 6.07) is 17.4.